The third-order valence-corrected chi connectivity index (χ3v) is 3.56. The van der Waals surface area contributed by atoms with E-state index < -0.39 is 0 Å². The van der Waals surface area contributed by atoms with Crippen molar-refractivity contribution in [3.05, 3.63) is 33.3 Å². The molecule has 1 nitrogen and oxygen atoms in total. The summed E-state index contributed by atoms with van der Waals surface area (Å²) in [5.41, 5.74) is 1.20. The third-order valence-electron chi connectivity index (χ3n) is 2.60. The van der Waals surface area contributed by atoms with Gasteiger partial charge in [-0.3, -0.25) is 0 Å². The van der Waals surface area contributed by atoms with Crippen LogP contribution in [0.15, 0.2) is 22.7 Å². The number of hydrogen-bond donors (Lipinski definition) is 1. The van der Waals surface area contributed by atoms with E-state index in [9.17, 15) is 0 Å². The first-order chi connectivity index (χ1) is 8.19. The summed E-state index contributed by atoms with van der Waals surface area (Å²) >= 11 is 9.61. The van der Waals surface area contributed by atoms with E-state index in [1.54, 1.807) is 0 Å². The fourth-order valence-corrected chi connectivity index (χ4v) is 2.51. The van der Waals surface area contributed by atoms with E-state index in [-0.39, 0.29) is 0 Å². The highest BCUT2D eigenvalue weighted by molar-refractivity contribution is 9.10. The van der Waals surface area contributed by atoms with E-state index in [4.69, 9.17) is 18.0 Å². The first-order valence-corrected chi connectivity index (χ1v) is 6.98. The van der Waals surface area contributed by atoms with Crippen LogP contribution >= 0.6 is 27.5 Å². The number of hydrogen-bond acceptors (Lipinski definition) is 1. The molecule has 0 heterocycles. The van der Waals surface area contributed by atoms with Crippen LogP contribution in [0.4, 0.5) is 0 Å². The Hall–Kier alpha value is -0.490. The summed E-state index contributed by atoms with van der Waals surface area (Å²) in [5.74, 6) is 2.68. The smallest absolute Gasteiger partial charge is 0.0410 e. The number of rotatable bonds is 6. The summed E-state index contributed by atoms with van der Waals surface area (Å²) in [4.78, 5) is 0. The van der Waals surface area contributed by atoms with E-state index in [2.05, 4.69) is 34.1 Å². The molecule has 1 aromatic carbocycles. The van der Waals surface area contributed by atoms with Crippen LogP contribution in [0.5, 0.6) is 0 Å². The Morgan fingerprint density at radius 3 is 2.94 bits per heavy atom. The lowest BCUT2D eigenvalue weighted by Gasteiger charge is -2.19. The number of nitrogens with one attached hydrogen (secondary N) is 1. The predicted molar refractivity (Wildman–Crippen MR) is 78.3 cm³/mol. The molecule has 0 saturated carbocycles. The molecule has 92 valence electrons. The van der Waals surface area contributed by atoms with Gasteiger partial charge in [-0.15, -0.1) is 12.3 Å². The molecule has 0 bridgehead atoms. The van der Waals surface area contributed by atoms with Gasteiger partial charge in [0.25, 0.3) is 0 Å². The van der Waals surface area contributed by atoms with Gasteiger partial charge in [-0.2, -0.15) is 0 Å². The Kier molecular flexibility index (Phi) is 6.65. The van der Waals surface area contributed by atoms with Crippen LogP contribution in [0.3, 0.4) is 0 Å². The van der Waals surface area contributed by atoms with Crippen molar-refractivity contribution in [2.45, 2.75) is 32.2 Å². The van der Waals surface area contributed by atoms with Crippen LogP contribution in [0.1, 0.15) is 37.8 Å². The molecule has 1 atom stereocenters. The predicted octanol–water partition coefficient (Wildman–Crippen LogP) is 4.56. The van der Waals surface area contributed by atoms with Crippen molar-refractivity contribution in [2.75, 3.05) is 6.54 Å². The summed E-state index contributed by atoms with van der Waals surface area (Å²) < 4.78 is 1.09. The van der Waals surface area contributed by atoms with E-state index in [1.807, 2.05) is 18.2 Å². The second-order valence-corrected chi connectivity index (χ2v) is 5.16. The van der Waals surface area contributed by atoms with Crippen molar-refractivity contribution in [3.63, 3.8) is 0 Å². The molecule has 3 heteroatoms. The molecule has 0 amide bonds. The molecule has 0 aromatic heterocycles. The second kappa shape index (κ2) is 7.76. The van der Waals surface area contributed by atoms with Crippen LogP contribution in [-0.2, 0) is 0 Å². The first kappa shape index (κ1) is 14.6. The molecule has 1 rings (SSSR count). The SMILES string of the molecule is C#CCCCC(NCC)c1cc(Cl)ccc1Br. The fraction of sp³-hybridized carbons (Fsp3) is 0.429. The van der Waals surface area contributed by atoms with Crippen molar-refractivity contribution in [1.82, 2.24) is 5.32 Å². The number of unbranched alkanes of at least 4 members (excludes halogenated alkanes) is 1. The maximum absolute atomic E-state index is 6.04. The molecule has 0 fully saturated rings. The largest absolute Gasteiger partial charge is 0.310 e. The number of terminal acetylenes is 1. The van der Waals surface area contributed by atoms with Crippen LogP contribution < -0.4 is 5.32 Å². The quantitative estimate of drug-likeness (QED) is 0.599. The Balaban J connectivity index is 2.81. The Bertz CT molecular complexity index is 398. The Morgan fingerprint density at radius 1 is 1.53 bits per heavy atom. The van der Waals surface area contributed by atoms with Crippen molar-refractivity contribution >= 4 is 27.5 Å². The molecule has 17 heavy (non-hydrogen) atoms. The zero-order valence-corrected chi connectivity index (χ0v) is 12.3. The zero-order chi connectivity index (χ0) is 12.7. The third kappa shape index (κ3) is 4.71. The second-order valence-electron chi connectivity index (χ2n) is 3.87. The van der Waals surface area contributed by atoms with Gasteiger partial charge in [-0.05, 0) is 43.1 Å². The normalized spacial score (nSPS) is 12.1. The molecule has 0 aliphatic heterocycles. The van der Waals surface area contributed by atoms with Crippen LogP contribution in [-0.4, -0.2) is 6.54 Å². The van der Waals surface area contributed by atoms with Crippen molar-refractivity contribution in [3.8, 4) is 12.3 Å². The van der Waals surface area contributed by atoms with Gasteiger partial charge in [0.2, 0.25) is 0 Å². The lowest BCUT2D eigenvalue weighted by molar-refractivity contribution is 0.500. The maximum atomic E-state index is 6.04. The molecule has 1 N–H and O–H groups in total. The molecular weight excluding hydrogens is 298 g/mol. The van der Waals surface area contributed by atoms with Gasteiger partial charge in [0.05, 0.1) is 0 Å². The average molecular weight is 315 g/mol. The molecular formula is C14H17BrClN. The minimum atomic E-state index is 0.307. The van der Waals surface area contributed by atoms with Gasteiger partial charge in [0.1, 0.15) is 0 Å². The van der Waals surface area contributed by atoms with Gasteiger partial charge in [-0.25, -0.2) is 0 Å². The lowest BCUT2D eigenvalue weighted by Crippen LogP contribution is -2.21. The standard InChI is InChI=1S/C14H17BrClN/c1-3-5-6-7-14(17-4-2)12-10-11(16)8-9-13(12)15/h1,8-10,14,17H,4-7H2,2H3. The average Bonchev–Trinajstić information content (AvgIpc) is 2.32. The number of benzene rings is 1. The monoisotopic (exact) mass is 313 g/mol. The molecule has 1 unspecified atom stereocenters. The minimum Gasteiger partial charge on any atom is -0.310 e. The van der Waals surface area contributed by atoms with E-state index in [0.717, 1.165) is 35.3 Å². The molecule has 0 aliphatic carbocycles. The first-order valence-electron chi connectivity index (χ1n) is 5.80. The molecule has 0 spiro atoms. The molecule has 0 radical (unpaired) electrons. The highest BCUT2D eigenvalue weighted by atomic mass is 79.9. The van der Waals surface area contributed by atoms with Crippen LogP contribution in [0.2, 0.25) is 5.02 Å². The number of halogens is 2. The Labute approximate surface area is 117 Å². The lowest BCUT2D eigenvalue weighted by atomic mass is 10.0. The summed E-state index contributed by atoms with van der Waals surface area (Å²) in [6.07, 6.45) is 8.15. The van der Waals surface area contributed by atoms with Crippen molar-refractivity contribution in [1.29, 1.82) is 0 Å². The van der Waals surface area contributed by atoms with Gasteiger partial charge in [0.15, 0.2) is 0 Å². The van der Waals surface area contributed by atoms with Crippen molar-refractivity contribution in [2.24, 2.45) is 0 Å². The zero-order valence-electron chi connectivity index (χ0n) is 9.97. The summed E-state index contributed by atoms with van der Waals surface area (Å²) in [6, 6.07) is 6.19. The van der Waals surface area contributed by atoms with E-state index >= 15 is 0 Å². The Morgan fingerprint density at radius 2 is 2.29 bits per heavy atom. The molecule has 0 aliphatic rings. The maximum Gasteiger partial charge on any atom is 0.0410 e. The highest BCUT2D eigenvalue weighted by Crippen LogP contribution is 2.29. The molecule has 0 saturated heterocycles. The van der Waals surface area contributed by atoms with Crippen LogP contribution in [0.25, 0.3) is 0 Å². The highest BCUT2D eigenvalue weighted by Gasteiger charge is 2.13. The molecule has 1 aromatic rings. The van der Waals surface area contributed by atoms with Crippen LogP contribution in [0, 0.1) is 12.3 Å². The minimum absolute atomic E-state index is 0.307. The topological polar surface area (TPSA) is 12.0 Å². The summed E-state index contributed by atoms with van der Waals surface area (Å²) in [7, 11) is 0. The van der Waals surface area contributed by atoms with Gasteiger partial charge >= 0.3 is 0 Å². The van der Waals surface area contributed by atoms with Gasteiger partial charge in [-0.1, -0.05) is 34.5 Å². The van der Waals surface area contributed by atoms with Gasteiger partial charge in [0, 0.05) is 22.0 Å². The fourth-order valence-electron chi connectivity index (χ4n) is 1.80. The summed E-state index contributed by atoms with van der Waals surface area (Å²) in [6.45, 7) is 3.03. The van der Waals surface area contributed by atoms with Gasteiger partial charge < -0.3 is 5.32 Å². The summed E-state index contributed by atoms with van der Waals surface area (Å²) in [5, 5.41) is 4.24. The van der Waals surface area contributed by atoms with E-state index in [1.165, 1.54) is 5.56 Å². The van der Waals surface area contributed by atoms with Crippen molar-refractivity contribution < 1.29 is 0 Å². The van der Waals surface area contributed by atoms with E-state index in [0.29, 0.717) is 6.04 Å².